The normalized spacial score (nSPS) is 17.4. The Bertz CT molecular complexity index is 1520. The lowest BCUT2D eigenvalue weighted by Gasteiger charge is -2.32. The number of fused-ring (bicyclic) bond motifs is 5. The molecule has 0 saturated carbocycles. The number of rotatable bonds is 2. The lowest BCUT2D eigenvalue weighted by Crippen LogP contribution is -2.41. The van der Waals surface area contributed by atoms with Crippen molar-refractivity contribution in [3.63, 3.8) is 0 Å². The molecule has 0 radical (unpaired) electrons. The summed E-state index contributed by atoms with van der Waals surface area (Å²) in [5.74, 6) is 0. The molecule has 0 bridgehead atoms. The molecule has 6 rings (SSSR count). The highest BCUT2D eigenvalue weighted by molar-refractivity contribution is 6.66. The van der Waals surface area contributed by atoms with Crippen LogP contribution in [0, 0.1) is 6.92 Å². The van der Waals surface area contributed by atoms with E-state index in [9.17, 15) is 0 Å². The van der Waals surface area contributed by atoms with Gasteiger partial charge >= 0.3 is 7.12 Å². The minimum Gasteiger partial charge on any atom is -0.399 e. The molecule has 0 unspecified atom stereocenters. The quantitative estimate of drug-likeness (QED) is 0.295. The van der Waals surface area contributed by atoms with Crippen LogP contribution in [0.2, 0.25) is 0 Å². The van der Waals surface area contributed by atoms with Crippen LogP contribution in [0.4, 0.5) is 0 Å². The minimum absolute atomic E-state index is 0.407. The maximum absolute atomic E-state index is 6.58. The fourth-order valence-electron chi connectivity index (χ4n) is 5.03. The average molecular weight is 433 g/mol. The van der Waals surface area contributed by atoms with Crippen LogP contribution >= 0.6 is 0 Å². The molecule has 0 spiro atoms. The molecular weight excluding hydrogens is 405 g/mol. The molecule has 3 nitrogen and oxygen atoms in total. The monoisotopic (exact) mass is 433 g/mol. The average Bonchev–Trinajstić information content (AvgIpc) is 3.24. The van der Waals surface area contributed by atoms with E-state index in [0.29, 0.717) is 0 Å². The first kappa shape index (κ1) is 20.5. The van der Waals surface area contributed by atoms with Crippen molar-refractivity contribution in [2.45, 2.75) is 45.8 Å². The summed E-state index contributed by atoms with van der Waals surface area (Å²) in [6.07, 6.45) is 0. The van der Waals surface area contributed by atoms with Gasteiger partial charge in [-0.1, -0.05) is 66.2 Å². The molecular formula is C29H28BNO2. The third-order valence-corrected chi connectivity index (χ3v) is 7.46. The molecule has 1 fully saturated rings. The standard InChI is InChI=1S/C29H28BNO2/c1-19-15-16-20-18-24(30-32-28(2,3)29(4,5)33-30)27-26(23(20)17-19)22-13-9-10-14-25(22)31(27)21-11-7-6-8-12-21/h6-18H,1-5H3. The lowest BCUT2D eigenvalue weighted by atomic mass is 9.76. The summed E-state index contributed by atoms with van der Waals surface area (Å²) in [5, 5.41) is 4.95. The van der Waals surface area contributed by atoms with Gasteiger partial charge in [0.1, 0.15) is 0 Å². The van der Waals surface area contributed by atoms with E-state index in [1.807, 2.05) is 0 Å². The number of para-hydroxylation sites is 2. The highest BCUT2D eigenvalue weighted by Crippen LogP contribution is 2.40. The number of aryl methyl sites for hydroxylation is 1. The molecule has 2 heterocycles. The van der Waals surface area contributed by atoms with Gasteiger partial charge in [-0.05, 0) is 63.6 Å². The van der Waals surface area contributed by atoms with Crippen LogP contribution in [-0.4, -0.2) is 22.9 Å². The SMILES string of the molecule is Cc1ccc2cc(B3OC(C)(C)C(C)(C)O3)c3c(c2c1)c1ccccc1n3-c1ccccc1. The molecule has 0 N–H and O–H groups in total. The van der Waals surface area contributed by atoms with Crippen molar-refractivity contribution in [1.29, 1.82) is 0 Å². The lowest BCUT2D eigenvalue weighted by molar-refractivity contribution is 0.00578. The summed E-state index contributed by atoms with van der Waals surface area (Å²) >= 11 is 0. The van der Waals surface area contributed by atoms with Crippen LogP contribution in [0.1, 0.15) is 33.3 Å². The van der Waals surface area contributed by atoms with E-state index in [4.69, 9.17) is 9.31 Å². The molecule has 164 valence electrons. The van der Waals surface area contributed by atoms with Crippen LogP contribution < -0.4 is 5.46 Å². The Labute approximate surface area is 195 Å². The molecule has 33 heavy (non-hydrogen) atoms. The highest BCUT2D eigenvalue weighted by Gasteiger charge is 2.52. The number of aromatic nitrogens is 1. The van der Waals surface area contributed by atoms with Gasteiger partial charge in [-0.25, -0.2) is 0 Å². The molecule has 1 aliphatic rings. The van der Waals surface area contributed by atoms with Crippen LogP contribution in [0.5, 0.6) is 0 Å². The van der Waals surface area contributed by atoms with Crippen LogP contribution in [0.3, 0.4) is 0 Å². The molecule has 1 saturated heterocycles. The van der Waals surface area contributed by atoms with E-state index in [2.05, 4.69) is 118 Å². The first-order valence-electron chi connectivity index (χ1n) is 11.6. The Morgan fingerprint density at radius 3 is 2.12 bits per heavy atom. The van der Waals surface area contributed by atoms with E-state index < -0.39 is 18.3 Å². The van der Waals surface area contributed by atoms with E-state index in [-0.39, 0.29) is 0 Å². The second-order valence-electron chi connectivity index (χ2n) is 10.2. The van der Waals surface area contributed by atoms with Gasteiger partial charge in [0.15, 0.2) is 0 Å². The van der Waals surface area contributed by atoms with Gasteiger partial charge in [0.05, 0.1) is 22.2 Å². The van der Waals surface area contributed by atoms with Gasteiger partial charge in [0, 0.05) is 21.9 Å². The van der Waals surface area contributed by atoms with Crippen molar-refractivity contribution in [3.05, 3.63) is 84.4 Å². The number of nitrogens with zero attached hydrogens (tertiary/aromatic N) is 1. The summed E-state index contributed by atoms with van der Waals surface area (Å²) in [5.41, 5.74) is 4.98. The smallest absolute Gasteiger partial charge is 0.399 e. The topological polar surface area (TPSA) is 23.4 Å². The molecule has 0 amide bonds. The predicted molar refractivity (Wildman–Crippen MR) is 139 cm³/mol. The van der Waals surface area contributed by atoms with Crippen LogP contribution in [-0.2, 0) is 9.31 Å². The van der Waals surface area contributed by atoms with Crippen LogP contribution in [0.15, 0.2) is 78.9 Å². The first-order chi connectivity index (χ1) is 15.8. The second kappa shape index (κ2) is 6.96. The third kappa shape index (κ3) is 2.98. The maximum atomic E-state index is 6.58. The van der Waals surface area contributed by atoms with Gasteiger partial charge in [-0.15, -0.1) is 0 Å². The van der Waals surface area contributed by atoms with E-state index >= 15 is 0 Å². The molecule has 4 aromatic carbocycles. The van der Waals surface area contributed by atoms with Gasteiger partial charge < -0.3 is 13.9 Å². The summed E-state index contributed by atoms with van der Waals surface area (Å²) in [7, 11) is -0.449. The van der Waals surface area contributed by atoms with E-state index in [1.165, 1.54) is 32.6 Å². The summed E-state index contributed by atoms with van der Waals surface area (Å²) in [6.45, 7) is 10.6. The first-order valence-corrected chi connectivity index (χ1v) is 11.6. The Morgan fingerprint density at radius 1 is 0.727 bits per heavy atom. The zero-order valence-corrected chi connectivity index (χ0v) is 19.8. The van der Waals surface area contributed by atoms with Gasteiger partial charge in [0.2, 0.25) is 0 Å². The fourth-order valence-corrected chi connectivity index (χ4v) is 5.03. The van der Waals surface area contributed by atoms with Gasteiger partial charge in [-0.3, -0.25) is 0 Å². The Kier molecular flexibility index (Phi) is 4.33. The van der Waals surface area contributed by atoms with Crippen LogP contribution in [0.25, 0.3) is 38.3 Å². The molecule has 1 aliphatic heterocycles. The number of benzene rings is 4. The largest absolute Gasteiger partial charge is 0.497 e. The molecule has 0 aliphatic carbocycles. The third-order valence-electron chi connectivity index (χ3n) is 7.46. The molecule has 5 aromatic rings. The number of hydrogen-bond donors (Lipinski definition) is 0. The van der Waals surface area contributed by atoms with E-state index in [1.54, 1.807) is 0 Å². The Balaban J connectivity index is 1.80. The summed E-state index contributed by atoms with van der Waals surface area (Å²) < 4.78 is 15.5. The van der Waals surface area contributed by atoms with Crippen molar-refractivity contribution in [1.82, 2.24) is 4.57 Å². The Hall–Kier alpha value is -3.08. The second-order valence-corrected chi connectivity index (χ2v) is 10.2. The zero-order chi connectivity index (χ0) is 23.0. The van der Waals surface area contributed by atoms with Crippen molar-refractivity contribution in [3.8, 4) is 5.69 Å². The molecule has 0 atom stereocenters. The maximum Gasteiger partial charge on any atom is 0.497 e. The van der Waals surface area contributed by atoms with Gasteiger partial charge in [0.25, 0.3) is 0 Å². The predicted octanol–water partition coefficient (Wildman–Crippen LogP) is 6.54. The zero-order valence-electron chi connectivity index (χ0n) is 19.8. The van der Waals surface area contributed by atoms with E-state index in [0.717, 1.165) is 16.7 Å². The van der Waals surface area contributed by atoms with Crippen molar-refractivity contribution >= 4 is 45.2 Å². The summed E-state index contributed by atoms with van der Waals surface area (Å²) in [6, 6.07) is 28.2. The minimum atomic E-state index is -0.449. The van der Waals surface area contributed by atoms with Crippen molar-refractivity contribution in [2.75, 3.05) is 0 Å². The van der Waals surface area contributed by atoms with Crippen molar-refractivity contribution in [2.24, 2.45) is 0 Å². The molecule has 1 aromatic heterocycles. The van der Waals surface area contributed by atoms with Crippen molar-refractivity contribution < 1.29 is 9.31 Å². The number of hydrogen-bond acceptors (Lipinski definition) is 2. The summed E-state index contributed by atoms with van der Waals surface area (Å²) in [4.78, 5) is 0. The highest BCUT2D eigenvalue weighted by atomic mass is 16.7. The Morgan fingerprint density at radius 2 is 1.39 bits per heavy atom. The fraction of sp³-hybridized carbons (Fsp3) is 0.241. The van der Waals surface area contributed by atoms with Gasteiger partial charge in [-0.2, -0.15) is 0 Å². The molecule has 4 heteroatoms.